The molecule has 6 heteroatoms. The summed E-state index contributed by atoms with van der Waals surface area (Å²) in [5.74, 6) is 0. The summed E-state index contributed by atoms with van der Waals surface area (Å²) < 4.78 is 5.13. The lowest BCUT2D eigenvalue weighted by atomic mass is 10.1. The van der Waals surface area contributed by atoms with Crippen LogP contribution in [0.15, 0.2) is 12.1 Å². The van der Waals surface area contributed by atoms with Crippen molar-refractivity contribution in [2.75, 3.05) is 5.32 Å². The fraction of sp³-hybridized carbons (Fsp3) is 0.462. The van der Waals surface area contributed by atoms with Crippen LogP contribution in [0.2, 0.25) is 0 Å². The molecule has 0 saturated heterocycles. The van der Waals surface area contributed by atoms with Crippen LogP contribution in [-0.4, -0.2) is 16.6 Å². The molecule has 1 N–H and O–H groups in total. The van der Waals surface area contributed by atoms with Crippen LogP contribution in [0.4, 0.5) is 16.2 Å². The SMILES string of the molecule is Cc1cc([N+](=O)[O-])c(C)cc1NC(=O)OC(C)(C)C. The van der Waals surface area contributed by atoms with E-state index in [1.807, 2.05) is 0 Å². The summed E-state index contributed by atoms with van der Waals surface area (Å²) in [6.07, 6.45) is -0.580. The van der Waals surface area contributed by atoms with Crippen molar-refractivity contribution in [2.24, 2.45) is 0 Å². The van der Waals surface area contributed by atoms with Crippen LogP contribution in [0.1, 0.15) is 31.9 Å². The number of hydrogen-bond donors (Lipinski definition) is 1. The lowest BCUT2D eigenvalue weighted by Gasteiger charge is -2.20. The van der Waals surface area contributed by atoms with Gasteiger partial charge in [-0.25, -0.2) is 4.79 Å². The van der Waals surface area contributed by atoms with Crippen LogP contribution >= 0.6 is 0 Å². The first-order valence-corrected chi connectivity index (χ1v) is 5.86. The zero-order valence-corrected chi connectivity index (χ0v) is 11.7. The van der Waals surface area contributed by atoms with Crippen LogP contribution in [-0.2, 0) is 4.74 Å². The molecular formula is C13H18N2O4. The molecule has 1 rings (SSSR count). The summed E-state index contributed by atoms with van der Waals surface area (Å²) in [6, 6.07) is 3.00. The molecule has 0 saturated carbocycles. The molecule has 104 valence electrons. The Labute approximate surface area is 111 Å². The van der Waals surface area contributed by atoms with Crippen LogP contribution in [0.25, 0.3) is 0 Å². The van der Waals surface area contributed by atoms with E-state index in [0.717, 1.165) is 0 Å². The minimum absolute atomic E-state index is 0.0345. The molecule has 0 unspecified atom stereocenters. The molecule has 6 nitrogen and oxygen atoms in total. The monoisotopic (exact) mass is 266 g/mol. The number of benzene rings is 1. The molecule has 1 amide bonds. The average molecular weight is 266 g/mol. The van der Waals surface area contributed by atoms with Crippen LogP contribution in [0, 0.1) is 24.0 Å². The second kappa shape index (κ2) is 5.26. The summed E-state index contributed by atoms with van der Waals surface area (Å²) in [5, 5.41) is 13.4. The molecule has 0 spiro atoms. The van der Waals surface area contributed by atoms with Crippen molar-refractivity contribution in [1.82, 2.24) is 0 Å². The van der Waals surface area contributed by atoms with Gasteiger partial charge in [0, 0.05) is 17.3 Å². The highest BCUT2D eigenvalue weighted by molar-refractivity contribution is 5.86. The molecule has 0 aliphatic heterocycles. The van der Waals surface area contributed by atoms with Gasteiger partial charge in [0.15, 0.2) is 0 Å². The van der Waals surface area contributed by atoms with Gasteiger partial charge < -0.3 is 4.74 Å². The maximum absolute atomic E-state index is 11.6. The molecule has 1 aromatic rings. The van der Waals surface area contributed by atoms with E-state index in [4.69, 9.17) is 4.74 Å². The molecule has 0 radical (unpaired) electrons. The predicted molar refractivity (Wildman–Crippen MR) is 72.4 cm³/mol. The van der Waals surface area contributed by atoms with Crippen LogP contribution in [0.3, 0.4) is 0 Å². The topological polar surface area (TPSA) is 81.5 Å². The Kier molecular flexibility index (Phi) is 4.14. The first kappa shape index (κ1) is 14.9. The number of ether oxygens (including phenoxy) is 1. The number of carbonyl (C=O) groups is 1. The van der Waals surface area contributed by atoms with Crippen molar-refractivity contribution in [3.05, 3.63) is 33.4 Å². The zero-order chi connectivity index (χ0) is 14.8. The normalized spacial score (nSPS) is 11.0. The Hall–Kier alpha value is -2.11. The smallest absolute Gasteiger partial charge is 0.412 e. The highest BCUT2D eigenvalue weighted by Crippen LogP contribution is 2.26. The van der Waals surface area contributed by atoms with Gasteiger partial charge in [-0.15, -0.1) is 0 Å². The second-order valence-corrected chi connectivity index (χ2v) is 5.34. The molecular weight excluding hydrogens is 248 g/mol. The van der Waals surface area contributed by atoms with E-state index >= 15 is 0 Å². The number of nitrogens with zero attached hydrogens (tertiary/aromatic N) is 1. The maximum Gasteiger partial charge on any atom is 0.412 e. The third-order valence-electron chi connectivity index (χ3n) is 2.38. The van der Waals surface area contributed by atoms with E-state index < -0.39 is 16.6 Å². The first-order valence-electron chi connectivity index (χ1n) is 5.86. The summed E-state index contributed by atoms with van der Waals surface area (Å²) in [7, 11) is 0. The molecule has 19 heavy (non-hydrogen) atoms. The van der Waals surface area contributed by atoms with Crippen LogP contribution < -0.4 is 5.32 Å². The van der Waals surface area contributed by atoms with Gasteiger partial charge in [0.1, 0.15) is 5.60 Å². The van der Waals surface area contributed by atoms with Crippen LogP contribution in [0.5, 0.6) is 0 Å². The number of aryl methyl sites for hydroxylation is 2. The third-order valence-corrected chi connectivity index (χ3v) is 2.38. The predicted octanol–water partition coefficient (Wildman–Crippen LogP) is 3.56. The summed E-state index contributed by atoms with van der Waals surface area (Å²) >= 11 is 0. The standard InChI is InChI=1S/C13H18N2O4/c1-8-7-11(15(17)18)9(2)6-10(8)14-12(16)19-13(3,4)5/h6-7H,1-5H3,(H,14,16). The largest absolute Gasteiger partial charge is 0.444 e. The van der Waals surface area contributed by atoms with E-state index in [1.165, 1.54) is 6.07 Å². The second-order valence-electron chi connectivity index (χ2n) is 5.34. The number of nitro groups is 1. The van der Waals surface area contributed by atoms with Gasteiger partial charge in [0.25, 0.3) is 5.69 Å². The lowest BCUT2D eigenvalue weighted by molar-refractivity contribution is -0.385. The number of amides is 1. The van der Waals surface area contributed by atoms with Gasteiger partial charge in [0.05, 0.1) is 4.92 Å². The van der Waals surface area contributed by atoms with E-state index in [9.17, 15) is 14.9 Å². The highest BCUT2D eigenvalue weighted by Gasteiger charge is 2.18. The quantitative estimate of drug-likeness (QED) is 0.655. The van der Waals surface area contributed by atoms with Gasteiger partial charge in [-0.1, -0.05) is 0 Å². The Balaban J connectivity index is 2.95. The van der Waals surface area contributed by atoms with Crippen molar-refractivity contribution >= 4 is 17.5 Å². The summed E-state index contributed by atoms with van der Waals surface area (Å²) in [6.45, 7) is 8.61. The molecule has 0 fully saturated rings. The first-order chi connectivity index (χ1) is 8.60. The molecule has 0 heterocycles. The van der Waals surface area contributed by atoms with Crippen molar-refractivity contribution in [3.63, 3.8) is 0 Å². The van der Waals surface area contributed by atoms with E-state index in [-0.39, 0.29) is 5.69 Å². The minimum Gasteiger partial charge on any atom is -0.444 e. The Morgan fingerprint density at radius 3 is 2.32 bits per heavy atom. The Morgan fingerprint density at radius 2 is 1.84 bits per heavy atom. The van der Waals surface area contributed by atoms with Crippen molar-refractivity contribution in [1.29, 1.82) is 0 Å². The Morgan fingerprint density at radius 1 is 1.26 bits per heavy atom. The molecule has 0 aliphatic rings. The van der Waals surface area contributed by atoms with E-state index in [0.29, 0.717) is 16.8 Å². The van der Waals surface area contributed by atoms with Gasteiger partial charge >= 0.3 is 6.09 Å². The molecule has 1 aromatic carbocycles. The highest BCUT2D eigenvalue weighted by atomic mass is 16.6. The molecule has 0 atom stereocenters. The van der Waals surface area contributed by atoms with E-state index in [2.05, 4.69) is 5.32 Å². The van der Waals surface area contributed by atoms with Gasteiger partial charge in [-0.05, 0) is 46.2 Å². The molecule has 0 aliphatic carbocycles. The average Bonchev–Trinajstić information content (AvgIpc) is 2.19. The number of nitrogens with one attached hydrogen (secondary N) is 1. The van der Waals surface area contributed by atoms with Crippen molar-refractivity contribution < 1.29 is 14.5 Å². The zero-order valence-electron chi connectivity index (χ0n) is 11.7. The number of hydrogen-bond acceptors (Lipinski definition) is 4. The molecule has 0 aromatic heterocycles. The fourth-order valence-electron chi connectivity index (χ4n) is 1.55. The van der Waals surface area contributed by atoms with E-state index in [1.54, 1.807) is 40.7 Å². The fourth-order valence-corrected chi connectivity index (χ4v) is 1.55. The van der Waals surface area contributed by atoms with Gasteiger partial charge in [-0.2, -0.15) is 0 Å². The van der Waals surface area contributed by atoms with Crippen molar-refractivity contribution in [2.45, 2.75) is 40.2 Å². The summed E-state index contributed by atoms with van der Waals surface area (Å²) in [4.78, 5) is 22.0. The lowest BCUT2D eigenvalue weighted by Crippen LogP contribution is -2.27. The minimum atomic E-state index is -0.589. The number of carbonyl (C=O) groups excluding carboxylic acids is 1. The number of rotatable bonds is 2. The third kappa shape index (κ3) is 4.24. The maximum atomic E-state index is 11.6. The van der Waals surface area contributed by atoms with Gasteiger partial charge in [0.2, 0.25) is 0 Å². The summed E-state index contributed by atoms with van der Waals surface area (Å²) in [5.41, 5.74) is 1.06. The Bertz CT molecular complexity index is 518. The number of anilines is 1. The molecule has 0 bridgehead atoms. The number of nitro benzene ring substituents is 1. The van der Waals surface area contributed by atoms with Crippen molar-refractivity contribution in [3.8, 4) is 0 Å². The van der Waals surface area contributed by atoms with Gasteiger partial charge in [-0.3, -0.25) is 15.4 Å².